The molecule has 4 aliphatic carbocycles. The van der Waals surface area contributed by atoms with Crippen molar-refractivity contribution in [1.29, 1.82) is 0 Å². The normalized spacial score (nSPS) is 52.3. The van der Waals surface area contributed by atoms with E-state index in [4.69, 9.17) is 9.47 Å². The zero-order valence-corrected chi connectivity index (χ0v) is 16.9. The Morgan fingerprint density at radius 3 is 2.35 bits per heavy atom. The molecule has 4 saturated carbocycles. The number of rotatable bonds is 1. The molecule has 0 bridgehead atoms. The second kappa shape index (κ2) is 5.80. The maximum atomic E-state index is 12.4. The quantitative estimate of drug-likeness (QED) is 0.662. The number of fused-ring (bicyclic) bond motifs is 6. The summed E-state index contributed by atoms with van der Waals surface area (Å²) in [5.74, 6) is 2.87. The van der Waals surface area contributed by atoms with E-state index < -0.39 is 0 Å². The number of hydrogen-bond donors (Lipinski definition) is 0. The Morgan fingerprint density at radius 2 is 1.62 bits per heavy atom. The third-order valence-corrected chi connectivity index (χ3v) is 9.87. The number of carbonyl (C=O) groups is 1. The fourth-order valence-electron chi connectivity index (χ4n) is 8.67. The molecule has 0 aromatic rings. The van der Waals surface area contributed by atoms with E-state index in [1.807, 2.05) is 6.92 Å². The number of ether oxygens (including phenoxy) is 2. The van der Waals surface area contributed by atoms with Crippen LogP contribution < -0.4 is 0 Å². The first-order valence-electron chi connectivity index (χ1n) is 11.2. The zero-order valence-electron chi connectivity index (χ0n) is 16.9. The molecule has 3 nitrogen and oxygen atoms in total. The monoisotopic (exact) mass is 360 g/mol. The smallest absolute Gasteiger partial charge is 0.172 e. The van der Waals surface area contributed by atoms with E-state index in [9.17, 15) is 4.79 Å². The molecular weight excluding hydrogens is 324 g/mol. The SMILES string of the molecule is CC(=O)C1CCC2C3C(CCC12C)C1(C)CCCC[C@@H]1CC31OCCO1. The van der Waals surface area contributed by atoms with Crippen LogP contribution in [0.1, 0.15) is 78.6 Å². The van der Waals surface area contributed by atoms with Crippen molar-refractivity contribution in [3.63, 3.8) is 0 Å². The van der Waals surface area contributed by atoms with Gasteiger partial charge in [-0.3, -0.25) is 4.79 Å². The van der Waals surface area contributed by atoms with Gasteiger partial charge >= 0.3 is 0 Å². The molecule has 5 rings (SSSR count). The fraction of sp³-hybridized carbons (Fsp3) is 0.957. The summed E-state index contributed by atoms with van der Waals surface area (Å²) in [5.41, 5.74) is 0.617. The van der Waals surface area contributed by atoms with Crippen molar-refractivity contribution in [3.8, 4) is 0 Å². The highest BCUT2D eigenvalue weighted by Crippen LogP contribution is 2.70. The average molecular weight is 361 g/mol. The lowest BCUT2D eigenvalue weighted by Crippen LogP contribution is -2.63. The Hall–Kier alpha value is -0.410. The van der Waals surface area contributed by atoms with Crippen LogP contribution in [-0.4, -0.2) is 24.8 Å². The van der Waals surface area contributed by atoms with Gasteiger partial charge in [0.1, 0.15) is 5.78 Å². The van der Waals surface area contributed by atoms with Crippen molar-refractivity contribution in [2.24, 2.45) is 40.4 Å². The lowest BCUT2D eigenvalue weighted by atomic mass is 9.43. The van der Waals surface area contributed by atoms with Crippen LogP contribution in [0.2, 0.25) is 0 Å². The van der Waals surface area contributed by atoms with Crippen molar-refractivity contribution in [3.05, 3.63) is 0 Å². The molecule has 0 aromatic carbocycles. The molecule has 0 aromatic heterocycles. The number of Topliss-reactive ketones (excluding diaryl/α,β-unsaturated/α-hetero) is 1. The first kappa shape index (κ1) is 17.7. The molecule has 5 fully saturated rings. The van der Waals surface area contributed by atoms with Crippen LogP contribution in [0.25, 0.3) is 0 Å². The van der Waals surface area contributed by atoms with Crippen molar-refractivity contribution < 1.29 is 14.3 Å². The third kappa shape index (κ3) is 2.16. The Bertz CT molecular complexity index is 594. The average Bonchev–Trinajstić information content (AvgIpc) is 3.20. The van der Waals surface area contributed by atoms with E-state index in [0.717, 1.165) is 32.0 Å². The lowest BCUT2D eigenvalue weighted by Gasteiger charge is -2.64. The Balaban J connectivity index is 1.58. The number of carbonyl (C=O) groups excluding carboxylic acids is 1. The van der Waals surface area contributed by atoms with Gasteiger partial charge in [-0.05, 0) is 74.0 Å². The summed E-state index contributed by atoms with van der Waals surface area (Å²) in [6.07, 6.45) is 11.4. The standard InChI is InChI=1S/C23H36O3/c1-15(24)17-7-8-18-20-19(9-11-22(17,18)3)21(2)10-5-4-6-16(21)14-23(20)25-12-13-26-23/h16-20H,4-14H2,1-3H3/t16-,17?,18?,19?,20?,21?,22?/m1/s1. The van der Waals surface area contributed by atoms with Crippen molar-refractivity contribution in [1.82, 2.24) is 0 Å². The second-order valence-corrected chi connectivity index (χ2v) is 10.7. The predicted octanol–water partition coefficient (Wildman–Crippen LogP) is 4.98. The largest absolute Gasteiger partial charge is 0.347 e. The van der Waals surface area contributed by atoms with Gasteiger partial charge in [-0.15, -0.1) is 0 Å². The van der Waals surface area contributed by atoms with E-state index >= 15 is 0 Å². The minimum Gasteiger partial charge on any atom is -0.347 e. The summed E-state index contributed by atoms with van der Waals surface area (Å²) in [6, 6.07) is 0. The van der Waals surface area contributed by atoms with Gasteiger partial charge < -0.3 is 9.47 Å². The van der Waals surface area contributed by atoms with E-state index in [-0.39, 0.29) is 17.1 Å². The minimum absolute atomic E-state index is 0.160. The van der Waals surface area contributed by atoms with Crippen LogP contribution in [0.4, 0.5) is 0 Å². The van der Waals surface area contributed by atoms with E-state index in [0.29, 0.717) is 29.0 Å². The van der Waals surface area contributed by atoms with Gasteiger partial charge in [0, 0.05) is 18.3 Å². The van der Waals surface area contributed by atoms with Gasteiger partial charge in [-0.1, -0.05) is 26.7 Å². The molecule has 0 N–H and O–H groups in total. The van der Waals surface area contributed by atoms with Gasteiger partial charge in [-0.25, -0.2) is 0 Å². The first-order valence-corrected chi connectivity index (χ1v) is 11.2. The highest BCUT2D eigenvalue weighted by atomic mass is 16.7. The van der Waals surface area contributed by atoms with Crippen molar-refractivity contribution in [2.75, 3.05) is 13.2 Å². The zero-order chi connectivity index (χ0) is 18.2. The third-order valence-electron chi connectivity index (χ3n) is 9.87. The van der Waals surface area contributed by atoms with Gasteiger partial charge in [0.05, 0.1) is 13.2 Å². The molecular formula is C23H36O3. The Kier molecular flexibility index (Phi) is 3.94. The minimum atomic E-state index is -0.343. The lowest BCUT2D eigenvalue weighted by molar-refractivity contribution is -0.297. The summed E-state index contributed by atoms with van der Waals surface area (Å²) in [4.78, 5) is 12.4. The predicted molar refractivity (Wildman–Crippen MR) is 101 cm³/mol. The summed E-state index contributed by atoms with van der Waals surface area (Å²) in [5, 5.41) is 0. The summed E-state index contributed by atoms with van der Waals surface area (Å²) in [6.45, 7) is 8.35. The number of ketones is 1. The number of hydrogen-bond acceptors (Lipinski definition) is 3. The maximum Gasteiger partial charge on any atom is 0.172 e. The van der Waals surface area contributed by atoms with Crippen LogP contribution in [0.5, 0.6) is 0 Å². The molecule has 1 heterocycles. The highest BCUT2D eigenvalue weighted by molar-refractivity contribution is 5.79. The van der Waals surface area contributed by atoms with Gasteiger partial charge in [0.25, 0.3) is 0 Å². The molecule has 0 amide bonds. The molecule has 1 aliphatic heterocycles. The molecule has 0 radical (unpaired) electrons. The van der Waals surface area contributed by atoms with E-state index in [2.05, 4.69) is 13.8 Å². The van der Waals surface area contributed by atoms with Crippen LogP contribution in [-0.2, 0) is 14.3 Å². The fourth-order valence-corrected chi connectivity index (χ4v) is 8.67. The van der Waals surface area contributed by atoms with E-state index in [1.165, 1.54) is 44.9 Å². The Labute approximate surface area is 158 Å². The molecule has 1 saturated heterocycles. The van der Waals surface area contributed by atoms with Crippen LogP contribution >= 0.6 is 0 Å². The molecule has 3 heteroatoms. The molecule has 5 aliphatic rings. The summed E-state index contributed by atoms with van der Waals surface area (Å²) < 4.78 is 13.0. The Morgan fingerprint density at radius 1 is 0.885 bits per heavy atom. The van der Waals surface area contributed by atoms with Crippen LogP contribution in [0.15, 0.2) is 0 Å². The second-order valence-electron chi connectivity index (χ2n) is 10.7. The molecule has 7 atom stereocenters. The van der Waals surface area contributed by atoms with Crippen LogP contribution in [0, 0.1) is 40.4 Å². The topological polar surface area (TPSA) is 35.5 Å². The van der Waals surface area contributed by atoms with E-state index in [1.54, 1.807) is 0 Å². The van der Waals surface area contributed by atoms with Gasteiger partial charge in [-0.2, -0.15) is 0 Å². The highest BCUT2D eigenvalue weighted by Gasteiger charge is 2.68. The molecule has 26 heavy (non-hydrogen) atoms. The summed E-state index contributed by atoms with van der Waals surface area (Å²) >= 11 is 0. The molecule has 146 valence electrons. The van der Waals surface area contributed by atoms with Crippen LogP contribution in [0.3, 0.4) is 0 Å². The van der Waals surface area contributed by atoms with Crippen molar-refractivity contribution >= 4 is 5.78 Å². The molecule has 1 spiro atoms. The van der Waals surface area contributed by atoms with Gasteiger partial charge in [0.2, 0.25) is 0 Å². The first-order chi connectivity index (χ1) is 12.4. The van der Waals surface area contributed by atoms with Gasteiger partial charge in [0.15, 0.2) is 5.79 Å². The van der Waals surface area contributed by atoms with Crippen molar-refractivity contribution in [2.45, 2.75) is 84.3 Å². The summed E-state index contributed by atoms with van der Waals surface area (Å²) in [7, 11) is 0. The maximum absolute atomic E-state index is 12.4. The molecule has 6 unspecified atom stereocenters.